The van der Waals surface area contributed by atoms with Crippen molar-refractivity contribution in [2.24, 2.45) is 5.73 Å². The van der Waals surface area contributed by atoms with Gasteiger partial charge in [-0.15, -0.1) is 12.0 Å². The van der Waals surface area contributed by atoms with Crippen molar-refractivity contribution in [2.45, 2.75) is 125 Å². The predicted octanol–water partition coefficient (Wildman–Crippen LogP) is 24.1. The maximum absolute atomic E-state index is 6.39. The fraction of sp³-hybridized carbons (Fsp3) is 0.284. The molecule has 5 aromatic heterocycles. The highest BCUT2D eigenvalue weighted by Gasteiger charge is 2.25. The number of hydrogen-bond donors (Lipinski definition) is 3. The Balaban J connectivity index is 0.000000301. The average Bonchev–Trinajstić information content (AvgIpc) is 1.61. The third-order valence-electron chi connectivity index (χ3n) is 10.5. The maximum atomic E-state index is 6.39. The minimum Gasteiger partial charge on any atom is -0.364 e. The van der Waals surface area contributed by atoms with Gasteiger partial charge in [-0.25, -0.2) is 24.9 Å². The predicted molar refractivity (Wildman–Crippen MR) is 429 cm³/mol. The van der Waals surface area contributed by atoms with Crippen LogP contribution in [0.5, 0.6) is 0 Å². The molecule has 0 aliphatic heterocycles. The van der Waals surface area contributed by atoms with Crippen molar-refractivity contribution in [3.8, 4) is 46.9 Å². The summed E-state index contributed by atoms with van der Waals surface area (Å²) in [6.45, 7) is 31.0. The van der Waals surface area contributed by atoms with Crippen molar-refractivity contribution in [1.29, 1.82) is 0 Å². The number of fused-ring (bicyclic) bond motifs is 1. The highest BCUT2D eigenvalue weighted by molar-refractivity contribution is 14.1. The molecular weight excluding hydrogens is 1720 g/mol. The number of anilines is 2. The fourth-order valence-electron chi connectivity index (χ4n) is 6.84. The van der Waals surface area contributed by atoms with E-state index in [2.05, 4.69) is 168 Å². The lowest BCUT2D eigenvalue weighted by molar-refractivity contribution is 0.412. The number of nitrogens with one attached hydrogen (secondary N) is 2. The van der Waals surface area contributed by atoms with Crippen molar-refractivity contribution >= 4 is 227 Å². The molecule has 0 radical (unpaired) electrons. The van der Waals surface area contributed by atoms with E-state index in [1.54, 1.807) is 61.2 Å². The monoisotopic (exact) mass is 1780 g/mol. The van der Waals surface area contributed by atoms with E-state index in [1.807, 2.05) is 107 Å². The number of nitrogens with zero attached hydrogens (tertiary/aromatic N) is 9. The summed E-state index contributed by atoms with van der Waals surface area (Å²) in [5.74, 6) is 12.8. The highest BCUT2D eigenvalue weighted by atomic mass is 127. The van der Waals surface area contributed by atoms with Gasteiger partial charge in [0, 0.05) is 57.9 Å². The van der Waals surface area contributed by atoms with Gasteiger partial charge in [-0.2, -0.15) is 15.0 Å². The van der Waals surface area contributed by atoms with Gasteiger partial charge in [-0.1, -0.05) is 172 Å². The normalized spacial score (nSPS) is 10.9. The van der Waals surface area contributed by atoms with Crippen LogP contribution in [0.4, 0.5) is 11.6 Å². The third-order valence-corrected chi connectivity index (χ3v) is 16.8. The smallest absolute Gasteiger partial charge is 0.224 e. The lowest BCUT2D eigenvalue weighted by Crippen LogP contribution is -2.27. The topological polar surface area (TPSA) is 158 Å². The first-order chi connectivity index (χ1) is 43.8. The fourth-order valence-corrected chi connectivity index (χ4v) is 10.8. The lowest BCUT2D eigenvalue weighted by atomic mass is 10.1. The molecule has 0 fully saturated rings. The molecule has 4 N–H and O–H groups in total. The van der Waals surface area contributed by atoms with Crippen LogP contribution < -0.4 is 16.4 Å². The summed E-state index contributed by atoms with van der Waals surface area (Å²) in [6.07, 6.45) is 11.7. The SMILES string of the molecule is C#Cc1c(Cl)cccc1Cl.CC(C)(C)N.CC(C)(C)Nc1nc(Cl)ncc1C#Cc1c(Cl)cccc1Cl.CC(C)(C)Nc1nc(Cl)ncc1I.CC(C)(C)n1c(-c2c(Cl)cccc2Cl)cc2cnc(Cl)nc21.C[Si](C)(C)C#Cc1c(Cl)cccc1Cl.Clc1ncc(I)c(Cl)n1. The largest absolute Gasteiger partial charge is 0.364 e. The molecule has 4 aromatic carbocycles. The van der Waals surface area contributed by atoms with E-state index in [1.165, 1.54) is 0 Å². The van der Waals surface area contributed by atoms with Crippen LogP contribution in [-0.4, -0.2) is 69.1 Å². The molecule has 28 heteroatoms. The first kappa shape index (κ1) is 85.6. The van der Waals surface area contributed by atoms with Gasteiger partial charge in [-0.3, -0.25) is 0 Å². The minimum atomic E-state index is -1.36. The van der Waals surface area contributed by atoms with Crippen molar-refractivity contribution in [3.63, 3.8) is 0 Å². The van der Waals surface area contributed by atoms with Crippen LogP contribution in [0, 0.1) is 42.8 Å². The first-order valence-corrected chi connectivity index (χ1v) is 38.6. The second kappa shape index (κ2) is 38.9. The zero-order valence-electron chi connectivity index (χ0n) is 54.2. The van der Waals surface area contributed by atoms with Crippen molar-refractivity contribution in [2.75, 3.05) is 10.6 Å². The molecule has 9 rings (SSSR count). The van der Waals surface area contributed by atoms with Gasteiger partial charge in [0.25, 0.3) is 0 Å². The maximum Gasteiger partial charge on any atom is 0.224 e. The average molecular weight is 1780 g/mol. The molecule has 9 aromatic rings. The Hall–Kier alpha value is -3.57. The van der Waals surface area contributed by atoms with Gasteiger partial charge in [0.2, 0.25) is 21.1 Å². The molecule has 0 saturated heterocycles. The first-order valence-electron chi connectivity index (χ1n) is 28.0. The summed E-state index contributed by atoms with van der Waals surface area (Å²) in [4.78, 5) is 32.0. The summed E-state index contributed by atoms with van der Waals surface area (Å²) in [5, 5.41) is 13.1. The summed E-state index contributed by atoms with van der Waals surface area (Å²) in [5.41, 5.74) is 13.1. The second-order valence-corrected chi connectivity index (χ2v) is 36.9. The Morgan fingerprint density at radius 2 is 0.842 bits per heavy atom. The second-order valence-electron chi connectivity index (χ2n) is 24.9. The highest BCUT2D eigenvalue weighted by Crippen LogP contribution is 2.40. The van der Waals surface area contributed by atoms with Crippen LogP contribution in [0.15, 0.2) is 104 Å². The molecule has 0 aliphatic rings. The molecule has 0 amide bonds. The molecule has 95 heavy (non-hydrogen) atoms. The third kappa shape index (κ3) is 31.7. The Labute approximate surface area is 651 Å². The van der Waals surface area contributed by atoms with Crippen molar-refractivity contribution in [3.05, 3.63) is 200 Å². The Bertz CT molecular complexity index is 4180. The molecule has 0 unspecified atom stereocenters. The Kier molecular flexibility index (Phi) is 35.0. The number of terminal acetylenes is 1. The molecule has 5 heterocycles. The van der Waals surface area contributed by atoms with E-state index in [-0.39, 0.29) is 43.3 Å². The van der Waals surface area contributed by atoms with Gasteiger partial charge in [0.05, 0.1) is 75.3 Å². The van der Waals surface area contributed by atoms with E-state index in [0.29, 0.717) is 67.8 Å². The van der Waals surface area contributed by atoms with E-state index in [0.717, 1.165) is 40.8 Å². The van der Waals surface area contributed by atoms with E-state index in [4.69, 9.17) is 163 Å². The number of benzene rings is 4. The molecule has 0 spiro atoms. The quantitative estimate of drug-likeness (QED) is 0.0508. The standard InChI is InChI=1S/2C16H14Cl3N3.C11H12Cl2Si.C8H4Cl2.C8H11ClIN3.C4HCl2IN2.C4H11N/c1-16(2,3)22-12(13-10(17)5-4-6-11(13)18)7-9-8-20-15(19)21-14(9)22;1-16(2,3)22-14-10(9-20-15(19)21-14)7-8-11-12(17)5-4-6-13(11)18;1-14(2,3)8-7-9-10(12)5-4-6-11(9)13;1-2-6-7(9)4-3-5-8(6)10;1-8(2,3)13-6-5(10)4-11-7(9)12-6;5-3-2(7)1-8-4(6)9-3;1-4(2,3)5/h4-8H,1-3H3;4-6,9H,1-3H3,(H,20,21,22);4-6H,1-3H3;1,3-5H;4H,1-3H3,(H,11,12,13);1H;5H2,1-3H3. The molecule has 504 valence electrons. The van der Waals surface area contributed by atoms with Gasteiger partial charge in [0.15, 0.2) is 0 Å². The minimum absolute atomic E-state index is 0. The lowest BCUT2D eigenvalue weighted by Gasteiger charge is -2.26. The number of rotatable bonds is 3. The molecular formula is C67H67Cl13I2N12Si. The summed E-state index contributed by atoms with van der Waals surface area (Å²) < 4.78 is 3.86. The van der Waals surface area contributed by atoms with E-state index >= 15 is 0 Å². The van der Waals surface area contributed by atoms with Crippen molar-refractivity contribution < 1.29 is 0 Å². The summed E-state index contributed by atoms with van der Waals surface area (Å²) >= 11 is 81.1. The number of nitrogens with two attached hydrogens (primary N) is 1. The van der Waals surface area contributed by atoms with Crippen LogP contribution in [-0.2, 0) is 5.54 Å². The van der Waals surface area contributed by atoms with E-state index in [9.17, 15) is 0 Å². The van der Waals surface area contributed by atoms with E-state index < -0.39 is 8.07 Å². The molecule has 12 nitrogen and oxygen atoms in total. The van der Waals surface area contributed by atoms with Gasteiger partial charge in [-0.05, 0) is 229 Å². The molecule has 0 atom stereocenters. The number of halogens is 15. The number of aromatic nitrogens is 9. The van der Waals surface area contributed by atoms with Gasteiger partial charge < -0.3 is 20.9 Å². The van der Waals surface area contributed by atoms with Crippen LogP contribution in [0.25, 0.3) is 22.3 Å². The van der Waals surface area contributed by atoms with Crippen LogP contribution in [0.3, 0.4) is 0 Å². The van der Waals surface area contributed by atoms with Crippen molar-refractivity contribution in [1.82, 2.24) is 44.4 Å². The molecule has 0 bridgehead atoms. The molecule has 0 aliphatic carbocycles. The Morgan fingerprint density at radius 3 is 1.24 bits per heavy atom. The van der Waals surface area contributed by atoms with Crippen LogP contribution in [0.2, 0.25) is 86.1 Å². The van der Waals surface area contributed by atoms with Crippen LogP contribution >= 0.6 is 196 Å². The van der Waals surface area contributed by atoms with Gasteiger partial charge in [0.1, 0.15) is 30.5 Å². The van der Waals surface area contributed by atoms with Crippen LogP contribution in [0.1, 0.15) is 105 Å². The Morgan fingerprint density at radius 1 is 0.474 bits per heavy atom. The number of hydrogen-bond acceptors (Lipinski definition) is 11. The van der Waals surface area contributed by atoms with Gasteiger partial charge >= 0.3 is 0 Å². The summed E-state index contributed by atoms with van der Waals surface area (Å²) in [7, 11) is -1.36. The zero-order chi connectivity index (χ0) is 72.1. The zero-order valence-corrected chi connectivity index (χ0v) is 69.3. The molecule has 0 saturated carbocycles. The summed E-state index contributed by atoms with van der Waals surface area (Å²) in [6, 6.07) is 23.3.